The van der Waals surface area contributed by atoms with Crippen LogP contribution in [0.4, 0.5) is 0 Å². The predicted octanol–water partition coefficient (Wildman–Crippen LogP) is 4.14. The van der Waals surface area contributed by atoms with E-state index in [4.69, 9.17) is 0 Å². The van der Waals surface area contributed by atoms with E-state index in [1.165, 1.54) is 35.8 Å². The number of carbonyl (C=O) groups excluding carboxylic acids is 1. The quantitative estimate of drug-likeness (QED) is 0.738. The fourth-order valence-corrected chi connectivity index (χ4v) is 5.25. The van der Waals surface area contributed by atoms with Crippen LogP contribution in [0, 0.1) is 0 Å². The first-order valence-electron chi connectivity index (χ1n) is 11.4. The van der Waals surface area contributed by atoms with Crippen LogP contribution in [0.3, 0.4) is 0 Å². The van der Waals surface area contributed by atoms with Crippen molar-refractivity contribution in [3.8, 4) is 0 Å². The second-order valence-corrected chi connectivity index (χ2v) is 8.64. The van der Waals surface area contributed by atoms with E-state index in [2.05, 4.69) is 71.0 Å². The molecule has 0 saturated carbocycles. The van der Waals surface area contributed by atoms with Crippen LogP contribution in [0.1, 0.15) is 45.1 Å². The molecule has 2 aromatic carbocycles. The lowest BCUT2D eigenvalue weighted by Crippen LogP contribution is -2.40. The van der Waals surface area contributed by atoms with Crippen LogP contribution in [0.25, 0.3) is 10.8 Å². The lowest BCUT2D eigenvalue weighted by Gasteiger charge is -2.29. The number of fused-ring (bicyclic) bond motifs is 1. The molecular formula is C25H35N3O. The molecule has 4 nitrogen and oxygen atoms in total. The average molecular weight is 394 g/mol. The zero-order valence-electron chi connectivity index (χ0n) is 18.0. The normalized spacial score (nSPS) is 23.8. The van der Waals surface area contributed by atoms with Gasteiger partial charge in [0.05, 0.1) is 0 Å². The highest BCUT2D eigenvalue weighted by molar-refractivity contribution is 5.83. The van der Waals surface area contributed by atoms with E-state index in [-0.39, 0.29) is 0 Å². The minimum absolute atomic E-state index is 0.320. The number of rotatable bonds is 6. The largest absolute Gasteiger partial charge is 0.338 e. The molecule has 0 radical (unpaired) electrons. The third kappa shape index (κ3) is 4.65. The highest BCUT2D eigenvalue weighted by atomic mass is 16.2. The lowest BCUT2D eigenvalue weighted by atomic mass is 10.1. The van der Waals surface area contributed by atoms with Crippen LogP contribution in [0.5, 0.6) is 0 Å². The zero-order chi connectivity index (χ0) is 20.2. The Kier molecular flexibility index (Phi) is 6.51. The summed E-state index contributed by atoms with van der Waals surface area (Å²) in [7, 11) is 0. The first-order chi connectivity index (χ1) is 14.2. The van der Waals surface area contributed by atoms with Gasteiger partial charge in [-0.15, -0.1) is 0 Å². The average Bonchev–Trinajstić information content (AvgIpc) is 3.15. The third-order valence-corrected chi connectivity index (χ3v) is 7.00. The molecule has 2 atom stereocenters. The second kappa shape index (κ2) is 9.27. The molecule has 2 aliphatic rings. The number of amides is 1. The van der Waals surface area contributed by atoms with Gasteiger partial charge in [-0.25, -0.2) is 0 Å². The SMILES string of the molecule is CCN(CC)C1CCN(C2CCC(=O)N(Cc3ccc4ccccc4c3)CC2)C1. The molecule has 0 aliphatic carbocycles. The number of likely N-dealkylation sites (N-methyl/N-ethyl adjacent to an activating group) is 1. The number of benzene rings is 2. The first kappa shape index (κ1) is 20.4. The van der Waals surface area contributed by atoms with Crippen molar-refractivity contribution < 1.29 is 4.79 Å². The summed E-state index contributed by atoms with van der Waals surface area (Å²) in [6.07, 6.45) is 4.07. The molecule has 2 heterocycles. The highest BCUT2D eigenvalue weighted by Crippen LogP contribution is 2.25. The molecule has 0 N–H and O–H groups in total. The Morgan fingerprint density at radius 1 is 0.966 bits per heavy atom. The first-order valence-corrected chi connectivity index (χ1v) is 11.4. The molecule has 2 aliphatic heterocycles. The van der Waals surface area contributed by atoms with Crippen molar-refractivity contribution in [3.63, 3.8) is 0 Å². The van der Waals surface area contributed by atoms with E-state index in [9.17, 15) is 4.79 Å². The van der Waals surface area contributed by atoms with Crippen LogP contribution in [0.15, 0.2) is 42.5 Å². The van der Waals surface area contributed by atoms with E-state index in [0.29, 0.717) is 24.4 Å². The van der Waals surface area contributed by atoms with Crippen molar-refractivity contribution in [3.05, 3.63) is 48.0 Å². The monoisotopic (exact) mass is 393 g/mol. The van der Waals surface area contributed by atoms with Crippen LogP contribution in [-0.2, 0) is 11.3 Å². The summed E-state index contributed by atoms with van der Waals surface area (Å²) in [6.45, 7) is 10.8. The number of carbonyl (C=O) groups is 1. The van der Waals surface area contributed by atoms with Gasteiger partial charge in [0.2, 0.25) is 5.91 Å². The molecular weight excluding hydrogens is 358 g/mol. The van der Waals surface area contributed by atoms with Gasteiger partial charge < -0.3 is 4.90 Å². The number of hydrogen-bond donors (Lipinski definition) is 0. The maximum atomic E-state index is 12.8. The van der Waals surface area contributed by atoms with Crippen molar-refractivity contribution in [2.24, 2.45) is 0 Å². The second-order valence-electron chi connectivity index (χ2n) is 8.64. The summed E-state index contributed by atoms with van der Waals surface area (Å²) in [5.41, 5.74) is 1.23. The molecule has 0 bridgehead atoms. The van der Waals surface area contributed by atoms with E-state index in [1.54, 1.807) is 0 Å². The Hall–Kier alpha value is -1.91. The molecule has 1 amide bonds. The minimum atomic E-state index is 0.320. The Bertz CT molecular complexity index is 832. The molecule has 156 valence electrons. The third-order valence-electron chi connectivity index (χ3n) is 7.00. The van der Waals surface area contributed by atoms with E-state index >= 15 is 0 Å². The number of nitrogens with zero attached hydrogens (tertiary/aromatic N) is 3. The smallest absolute Gasteiger partial charge is 0.222 e. The summed E-state index contributed by atoms with van der Waals surface area (Å²) in [4.78, 5) is 20.1. The molecule has 2 fully saturated rings. The van der Waals surface area contributed by atoms with Gasteiger partial charge in [0.1, 0.15) is 0 Å². The fourth-order valence-electron chi connectivity index (χ4n) is 5.25. The van der Waals surface area contributed by atoms with E-state index in [0.717, 1.165) is 39.0 Å². The van der Waals surface area contributed by atoms with E-state index in [1.807, 2.05) is 0 Å². The highest BCUT2D eigenvalue weighted by Gasteiger charge is 2.33. The molecule has 0 aromatic heterocycles. The van der Waals surface area contributed by atoms with Gasteiger partial charge in [0.15, 0.2) is 0 Å². The minimum Gasteiger partial charge on any atom is -0.338 e. The van der Waals surface area contributed by atoms with Gasteiger partial charge in [0, 0.05) is 44.7 Å². The molecule has 2 aromatic rings. The van der Waals surface area contributed by atoms with Crippen LogP contribution >= 0.6 is 0 Å². The van der Waals surface area contributed by atoms with Gasteiger partial charge in [-0.3, -0.25) is 14.6 Å². The Morgan fingerprint density at radius 2 is 1.76 bits per heavy atom. The van der Waals surface area contributed by atoms with Crippen molar-refractivity contribution >= 4 is 16.7 Å². The number of likely N-dealkylation sites (tertiary alicyclic amines) is 2. The fraction of sp³-hybridized carbons (Fsp3) is 0.560. The lowest BCUT2D eigenvalue weighted by molar-refractivity contribution is -0.131. The van der Waals surface area contributed by atoms with Crippen molar-refractivity contribution in [1.82, 2.24) is 14.7 Å². The van der Waals surface area contributed by atoms with E-state index < -0.39 is 0 Å². The molecule has 4 rings (SSSR count). The van der Waals surface area contributed by atoms with Gasteiger partial charge in [-0.1, -0.05) is 50.2 Å². The maximum absolute atomic E-state index is 12.8. The topological polar surface area (TPSA) is 26.8 Å². The van der Waals surface area contributed by atoms with Crippen molar-refractivity contribution in [2.45, 2.75) is 58.2 Å². The molecule has 4 heteroatoms. The van der Waals surface area contributed by atoms with Crippen molar-refractivity contribution in [2.75, 3.05) is 32.7 Å². The summed E-state index contributed by atoms with van der Waals surface area (Å²) >= 11 is 0. The number of hydrogen-bond acceptors (Lipinski definition) is 3. The summed E-state index contributed by atoms with van der Waals surface area (Å²) in [5.74, 6) is 0.320. The van der Waals surface area contributed by atoms with Gasteiger partial charge in [-0.2, -0.15) is 0 Å². The van der Waals surface area contributed by atoms with Crippen LogP contribution in [-0.4, -0.2) is 65.4 Å². The molecule has 29 heavy (non-hydrogen) atoms. The van der Waals surface area contributed by atoms with Crippen LogP contribution < -0.4 is 0 Å². The van der Waals surface area contributed by atoms with Gasteiger partial charge in [0.25, 0.3) is 0 Å². The Morgan fingerprint density at radius 3 is 2.55 bits per heavy atom. The summed E-state index contributed by atoms with van der Waals surface area (Å²) in [6, 6.07) is 16.3. The standard InChI is InChI=1S/C25H35N3O/c1-3-26(4-2)24-14-15-27(19-24)23-11-12-25(29)28(16-13-23)18-20-9-10-21-7-5-6-8-22(21)17-20/h5-10,17,23-24H,3-4,11-16,18-19H2,1-2H3. The Balaban J connectivity index is 1.37. The summed E-state index contributed by atoms with van der Waals surface area (Å²) in [5, 5.41) is 2.51. The molecule has 0 spiro atoms. The van der Waals surface area contributed by atoms with Gasteiger partial charge in [-0.05, 0) is 54.8 Å². The van der Waals surface area contributed by atoms with Crippen LogP contribution in [0.2, 0.25) is 0 Å². The molecule has 2 unspecified atom stereocenters. The van der Waals surface area contributed by atoms with Gasteiger partial charge >= 0.3 is 0 Å². The van der Waals surface area contributed by atoms with Crippen molar-refractivity contribution in [1.29, 1.82) is 0 Å². The maximum Gasteiger partial charge on any atom is 0.222 e. The summed E-state index contributed by atoms with van der Waals surface area (Å²) < 4.78 is 0. The zero-order valence-corrected chi connectivity index (χ0v) is 18.0. The molecule has 2 saturated heterocycles. The predicted molar refractivity (Wildman–Crippen MR) is 120 cm³/mol. The Labute approximate surface area is 175 Å².